The maximum absolute atomic E-state index is 12.8. The lowest BCUT2D eigenvalue weighted by molar-refractivity contribution is -0.915. The van der Waals surface area contributed by atoms with Crippen molar-refractivity contribution in [1.82, 2.24) is 4.90 Å². The molecule has 0 unspecified atom stereocenters. The number of hydrogen-bond acceptors (Lipinski definition) is 2. The van der Waals surface area contributed by atoms with E-state index in [0.717, 1.165) is 42.5 Å². The Morgan fingerprint density at radius 1 is 1.12 bits per heavy atom. The minimum atomic E-state index is -0.0305. The fourth-order valence-electron chi connectivity index (χ4n) is 3.62. The van der Waals surface area contributed by atoms with Gasteiger partial charge in [0.25, 0.3) is 5.91 Å². The summed E-state index contributed by atoms with van der Waals surface area (Å²) >= 11 is 6.32. The number of amides is 1. The minimum Gasteiger partial charge on any atom is -0.359 e. The summed E-state index contributed by atoms with van der Waals surface area (Å²) in [6.07, 6.45) is 0. The molecule has 1 fully saturated rings. The number of halogens is 1. The van der Waals surface area contributed by atoms with Gasteiger partial charge in [-0.3, -0.25) is 4.79 Å². The highest BCUT2D eigenvalue weighted by molar-refractivity contribution is 6.33. The summed E-state index contributed by atoms with van der Waals surface area (Å²) in [6, 6.07) is 18.1. The van der Waals surface area contributed by atoms with Crippen molar-refractivity contribution in [2.75, 3.05) is 38.1 Å². The van der Waals surface area contributed by atoms with Crippen LogP contribution in [0.5, 0.6) is 0 Å². The highest BCUT2D eigenvalue weighted by atomic mass is 35.5. The van der Waals surface area contributed by atoms with Crippen molar-refractivity contribution in [3.05, 3.63) is 65.2 Å². The maximum atomic E-state index is 12.8. The monoisotopic (exact) mass is 372 g/mol. The molecule has 0 spiro atoms. The molecule has 138 valence electrons. The first kappa shape index (κ1) is 18.7. The summed E-state index contributed by atoms with van der Waals surface area (Å²) in [7, 11) is 1.89. The van der Waals surface area contributed by atoms with E-state index in [4.69, 9.17) is 11.6 Å². The molecular formula is C21H27ClN3O+. The van der Waals surface area contributed by atoms with Crippen molar-refractivity contribution in [2.45, 2.75) is 19.5 Å². The first-order valence-corrected chi connectivity index (χ1v) is 9.57. The van der Waals surface area contributed by atoms with E-state index in [1.807, 2.05) is 55.3 Å². The molecule has 0 bridgehead atoms. The van der Waals surface area contributed by atoms with E-state index in [9.17, 15) is 4.79 Å². The van der Waals surface area contributed by atoms with Crippen LogP contribution in [0.1, 0.15) is 12.5 Å². The number of nitrogens with one attached hydrogen (secondary N) is 1. The third-order valence-electron chi connectivity index (χ3n) is 5.22. The molecule has 5 heteroatoms. The SMILES string of the molecule is C[C@H](C(=O)N(C)Cc1ccccc1)[NH+]1CCN(c2ccccc2Cl)CC1. The van der Waals surface area contributed by atoms with Crippen LogP contribution >= 0.6 is 11.6 Å². The number of piperazine rings is 1. The lowest BCUT2D eigenvalue weighted by atomic mass is 10.1. The van der Waals surface area contributed by atoms with Crippen LogP contribution in [0.3, 0.4) is 0 Å². The van der Waals surface area contributed by atoms with Crippen LogP contribution in [0.25, 0.3) is 0 Å². The predicted molar refractivity (Wildman–Crippen MR) is 107 cm³/mol. The number of quaternary nitrogens is 1. The highest BCUT2D eigenvalue weighted by Crippen LogP contribution is 2.24. The van der Waals surface area contributed by atoms with Crippen LogP contribution < -0.4 is 9.80 Å². The second-order valence-corrected chi connectivity index (χ2v) is 7.41. The molecule has 1 N–H and O–H groups in total. The summed E-state index contributed by atoms with van der Waals surface area (Å²) in [5.41, 5.74) is 2.25. The Balaban J connectivity index is 1.55. The number of carbonyl (C=O) groups is 1. The van der Waals surface area contributed by atoms with E-state index in [-0.39, 0.29) is 11.9 Å². The number of rotatable bonds is 5. The molecule has 0 saturated carbocycles. The molecule has 1 amide bonds. The minimum absolute atomic E-state index is 0.0305. The van der Waals surface area contributed by atoms with Gasteiger partial charge in [-0.05, 0) is 24.6 Å². The summed E-state index contributed by atoms with van der Waals surface area (Å²) in [6.45, 7) is 6.42. The van der Waals surface area contributed by atoms with Gasteiger partial charge in [0.05, 0.1) is 36.9 Å². The third-order valence-corrected chi connectivity index (χ3v) is 5.54. The summed E-state index contributed by atoms with van der Waals surface area (Å²) in [5, 5.41) is 0.794. The summed E-state index contributed by atoms with van der Waals surface area (Å²) in [5.74, 6) is 0.204. The second-order valence-electron chi connectivity index (χ2n) is 7.00. The molecule has 1 heterocycles. The van der Waals surface area contributed by atoms with E-state index < -0.39 is 0 Å². The van der Waals surface area contributed by atoms with Crippen molar-refractivity contribution < 1.29 is 9.69 Å². The van der Waals surface area contributed by atoms with Gasteiger partial charge in [0.2, 0.25) is 0 Å². The van der Waals surface area contributed by atoms with Gasteiger partial charge in [0.15, 0.2) is 6.04 Å². The summed E-state index contributed by atoms with van der Waals surface area (Å²) < 4.78 is 0. The Hall–Kier alpha value is -2.04. The van der Waals surface area contributed by atoms with Gasteiger partial charge in [-0.2, -0.15) is 0 Å². The standard InChI is InChI=1S/C21H26ClN3O/c1-17(21(26)23(2)16-18-8-4-3-5-9-18)24-12-14-25(15-13-24)20-11-7-6-10-19(20)22/h3-11,17H,12-16H2,1-2H3/p+1/t17-/m1/s1. The van der Waals surface area contributed by atoms with Crippen LogP contribution in [0.4, 0.5) is 5.69 Å². The number of hydrogen-bond donors (Lipinski definition) is 1. The average Bonchev–Trinajstić information content (AvgIpc) is 2.68. The van der Waals surface area contributed by atoms with Crippen LogP contribution in [-0.4, -0.2) is 50.1 Å². The van der Waals surface area contributed by atoms with Gasteiger partial charge in [0, 0.05) is 13.6 Å². The zero-order valence-corrected chi connectivity index (χ0v) is 16.2. The Morgan fingerprint density at radius 2 is 1.73 bits per heavy atom. The van der Waals surface area contributed by atoms with Crippen molar-refractivity contribution in [3.63, 3.8) is 0 Å². The van der Waals surface area contributed by atoms with E-state index in [1.165, 1.54) is 4.90 Å². The van der Waals surface area contributed by atoms with E-state index in [1.54, 1.807) is 0 Å². The van der Waals surface area contributed by atoms with Crippen molar-refractivity contribution in [1.29, 1.82) is 0 Å². The molecule has 0 aromatic heterocycles. The lowest BCUT2D eigenvalue weighted by Gasteiger charge is -2.37. The normalized spacial score (nSPS) is 16.3. The fourth-order valence-corrected chi connectivity index (χ4v) is 3.87. The second kappa shape index (κ2) is 8.56. The molecule has 2 aromatic carbocycles. The zero-order valence-electron chi connectivity index (χ0n) is 15.5. The fraction of sp³-hybridized carbons (Fsp3) is 0.381. The molecule has 1 aliphatic heterocycles. The number of benzene rings is 2. The van der Waals surface area contributed by atoms with Crippen LogP contribution in [0.2, 0.25) is 5.02 Å². The number of nitrogens with zero attached hydrogens (tertiary/aromatic N) is 2. The number of carbonyl (C=O) groups excluding carboxylic acids is 1. The average molecular weight is 373 g/mol. The largest absolute Gasteiger partial charge is 0.359 e. The lowest BCUT2D eigenvalue weighted by Crippen LogP contribution is -3.19. The molecule has 0 radical (unpaired) electrons. The topological polar surface area (TPSA) is 28.0 Å². The van der Waals surface area contributed by atoms with Gasteiger partial charge in [-0.25, -0.2) is 0 Å². The van der Waals surface area contributed by atoms with Crippen LogP contribution in [0, 0.1) is 0 Å². The molecule has 1 atom stereocenters. The third kappa shape index (κ3) is 4.37. The molecule has 26 heavy (non-hydrogen) atoms. The van der Waals surface area contributed by atoms with E-state index in [0.29, 0.717) is 6.54 Å². The smallest absolute Gasteiger partial charge is 0.280 e. The Morgan fingerprint density at radius 3 is 2.38 bits per heavy atom. The molecule has 1 saturated heterocycles. The first-order chi connectivity index (χ1) is 12.6. The van der Waals surface area contributed by atoms with Gasteiger partial charge in [-0.15, -0.1) is 0 Å². The maximum Gasteiger partial charge on any atom is 0.280 e. The number of anilines is 1. The Kier molecular flexibility index (Phi) is 6.17. The molecule has 2 aromatic rings. The number of para-hydroxylation sites is 1. The van der Waals surface area contributed by atoms with Gasteiger partial charge in [0.1, 0.15) is 0 Å². The zero-order chi connectivity index (χ0) is 18.5. The van der Waals surface area contributed by atoms with Crippen LogP contribution in [-0.2, 0) is 11.3 Å². The molecular weight excluding hydrogens is 346 g/mol. The molecule has 0 aliphatic carbocycles. The number of likely N-dealkylation sites (N-methyl/N-ethyl adjacent to an activating group) is 1. The van der Waals surface area contributed by atoms with Gasteiger partial charge in [-0.1, -0.05) is 54.1 Å². The van der Waals surface area contributed by atoms with Crippen molar-refractivity contribution in [2.24, 2.45) is 0 Å². The molecule has 3 rings (SSSR count). The Bertz CT molecular complexity index is 729. The first-order valence-electron chi connectivity index (χ1n) is 9.19. The van der Waals surface area contributed by atoms with E-state index in [2.05, 4.69) is 23.1 Å². The predicted octanol–water partition coefficient (Wildman–Crippen LogP) is 2.09. The van der Waals surface area contributed by atoms with Crippen molar-refractivity contribution in [3.8, 4) is 0 Å². The van der Waals surface area contributed by atoms with Crippen molar-refractivity contribution >= 4 is 23.2 Å². The summed E-state index contributed by atoms with van der Waals surface area (Å²) in [4.78, 5) is 18.3. The molecule has 4 nitrogen and oxygen atoms in total. The van der Waals surface area contributed by atoms with Gasteiger partial charge < -0.3 is 14.7 Å². The highest BCUT2D eigenvalue weighted by Gasteiger charge is 2.31. The Labute approximate surface area is 161 Å². The quantitative estimate of drug-likeness (QED) is 0.870. The van der Waals surface area contributed by atoms with Gasteiger partial charge >= 0.3 is 0 Å². The van der Waals surface area contributed by atoms with E-state index >= 15 is 0 Å². The molecule has 1 aliphatic rings. The van der Waals surface area contributed by atoms with Crippen LogP contribution in [0.15, 0.2) is 54.6 Å².